The van der Waals surface area contributed by atoms with E-state index in [-0.39, 0.29) is 50.9 Å². The van der Waals surface area contributed by atoms with Gasteiger partial charge in [-0.3, -0.25) is 14.5 Å². The Labute approximate surface area is 275 Å². The van der Waals surface area contributed by atoms with Crippen LogP contribution in [-0.2, 0) is 24.0 Å². The number of amides is 2. The molecule has 2 unspecified atom stereocenters. The first-order valence-electron chi connectivity index (χ1n) is 12.8. The highest BCUT2D eigenvalue weighted by atomic mass is 32.2. The molecule has 244 valence electrons. The van der Waals surface area contributed by atoms with Gasteiger partial charge in [-0.25, -0.2) is 24.5 Å². The topological polar surface area (TPSA) is 329 Å². The quantitative estimate of drug-likeness (QED) is 0.0422. The number of hydrogen-bond acceptors (Lipinski definition) is 18. The van der Waals surface area contributed by atoms with Gasteiger partial charge < -0.3 is 53.5 Å². The van der Waals surface area contributed by atoms with Crippen LogP contribution in [-0.4, -0.2) is 91.8 Å². The molecule has 47 heavy (non-hydrogen) atoms. The summed E-state index contributed by atoms with van der Waals surface area (Å²) in [5.41, 5.74) is 19.5. The van der Waals surface area contributed by atoms with Gasteiger partial charge in [0.15, 0.2) is 45.3 Å². The largest absolute Gasteiger partial charge is 0.504 e. The van der Waals surface area contributed by atoms with Gasteiger partial charge >= 0.3 is 11.9 Å². The smallest absolute Gasteiger partial charge is 0.353 e. The molecule has 1 saturated heterocycles. The third kappa shape index (κ3) is 5.64. The van der Waals surface area contributed by atoms with Crippen LogP contribution in [0.5, 0.6) is 11.5 Å². The number of nitrogens with one attached hydrogen (secondary N) is 1. The maximum Gasteiger partial charge on any atom is 0.353 e. The van der Waals surface area contributed by atoms with E-state index in [1.807, 2.05) is 0 Å². The molecule has 0 bridgehead atoms. The second-order valence-corrected chi connectivity index (χ2v) is 11.9. The Morgan fingerprint density at radius 2 is 1.81 bits per heavy atom. The molecule has 5 rings (SSSR count). The summed E-state index contributed by atoms with van der Waals surface area (Å²) in [4.78, 5) is 69.9. The Morgan fingerprint density at radius 1 is 1.13 bits per heavy atom. The fourth-order valence-corrected chi connectivity index (χ4v) is 6.90. The van der Waals surface area contributed by atoms with Crippen LogP contribution in [0.3, 0.4) is 0 Å². The lowest BCUT2D eigenvalue weighted by molar-refractivity contribution is -0.153. The van der Waals surface area contributed by atoms with Crippen molar-refractivity contribution in [3.05, 3.63) is 46.4 Å². The highest BCUT2D eigenvalue weighted by Crippen LogP contribution is 2.47. The van der Waals surface area contributed by atoms with Gasteiger partial charge in [-0.2, -0.15) is 0 Å². The van der Waals surface area contributed by atoms with Crippen LogP contribution >= 0.6 is 35.3 Å². The average molecular weight is 703 g/mol. The molecule has 1 aromatic carbocycles. The normalized spacial score (nSPS) is 19.7. The van der Waals surface area contributed by atoms with Crippen molar-refractivity contribution in [3.63, 3.8) is 0 Å². The molecule has 0 saturated carbocycles. The lowest BCUT2D eigenvalue weighted by Crippen LogP contribution is -2.80. The summed E-state index contributed by atoms with van der Waals surface area (Å²) in [6.07, 6.45) is -1.88. The summed E-state index contributed by atoms with van der Waals surface area (Å²) in [6, 6.07) is 3.09. The van der Waals surface area contributed by atoms with Crippen LogP contribution in [0.15, 0.2) is 34.4 Å². The minimum absolute atomic E-state index is 0.00312. The number of anilines is 4. The maximum atomic E-state index is 13.7. The number of β-lactam (4-membered cyclic amide) rings is 1. The number of nitrogens with zero attached hydrogens (tertiary/aromatic N) is 5. The molecule has 2 aliphatic heterocycles. The van der Waals surface area contributed by atoms with Crippen LogP contribution < -0.4 is 28.3 Å². The number of fused-ring (bicyclic) bond motifs is 1. The first-order valence-corrected chi connectivity index (χ1v) is 15.2. The second kappa shape index (κ2) is 12.2. The zero-order valence-electron chi connectivity index (χ0n) is 23.3. The number of nitrogen functional groups attached to an aromatic ring is 4. The summed E-state index contributed by atoms with van der Waals surface area (Å²) >= 11 is 7.08. The van der Waals surface area contributed by atoms with Gasteiger partial charge in [0, 0.05) is 27.6 Å². The standard InChI is InChI=1S/C25H22N10O9S3/c26-12-16(27)31-18(32-17(12)28)8-4-46-23-25(6-45,22(43)35(23)14(8)20(39)40)33-19(38)13(9-5-47-24(29)30-9)34-44-15(21(41)42)7-1-2-10(36)11(37)3-7/h1-3,5-6,15,23,36-37H,4,26H2,(H2,29,30)(H,33,38)(H,39,40)(H,41,42)(H4,27,28,31,32)/b34-13-/t15?,23-,25?/m0/s1. The predicted molar refractivity (Wildman–Crippen MR) is 172 cm³/mol. The molecule has 2 aromatic heterocycles. The monoisotopic (exact) mass is 702 g/mol. The summed E-state index contributed by atoms with van der Waals surface area (Å²) in [5.74, 6) is -6.97. The number of carboxylic acids is 2. The van der Waals surface area contributed by atoms with E-state index >= 15 is 0 Å². The van der Waals surface area contributed by atoms with Gasteiger partial charge in [0.2, 0.25) is 6.10 Å². The first-order chi connectivity index (χ1) is 22.2. The second-order valence-electron chi connectivity index (χ2n) is 9.73. The number of benzene rings is 1. The van der Waals surface area contributed by atoms with Crippen molar-refractivity contribution >= 4 is 98.2 Å². The molecule has 3 aromatic rings. The number of aliphatic carboxylic acids is 2. The molecule has 2 aliphatic rings. The van der Waals surface area contributed by atoms with Crippen molar-refractivity contribution in [1.29, 1.82) is 0 Å². The minimum Gasteiger partial charge on any atom is -0.504 e. The van der Waals surface area contributed by atoms with E-state index in [2.05, 4.69) is 25.4 Å². The number of carboxylic acid groups (broad SMARTS) is 2. The van der Waals surface area contributed by atoms with E-state index < -0.39 is 63.7 Å². The summed E-state index contributed by atoms with van der Waals surface area (Å²) in [5, 5.41) is 46.6. The minimum atomic E-state index is -1.96. The Balaban J connectivity index is 1.49. The molecule has 4 heterocycles. The van der Waals surface area contributed by atoms with E-state index in [1.54, 1.807) is 0 Å². The van der Waals surface area contributed by atoms with Gasteiger partial charge in [-0.1, -0.05) is 23.4 Å². The molecule has 2 amide bonds. The number of hydrogen-bond donors (Lipinski definition) is 9. The number of thioether (sulfide) groups is 1. The Kier molecular flexibility index (Phi) is 8.49. The lowest BCUT2D eigenvalue weighted by Gasteiger charge is -2.55. The number of phenolic OH excluding ortho intramolecular Hbond substituents is 2. The first kappa shape index (κ1) is 32.6. The molecular weight excluding hydrogens is 681 g/mol. The molecule has 1 fully saturated rings. The molecule has 19 nitrogen and oxygen atoms in total. The number of phenols is 2. The molecular formula is C25H22N10O9S3. The lowest BCUT2D eigenvalue weighted by atomic mass is 9.87. The molecule has 13 N–H and O–H groups in total. The van der Waals surface area contributed by atoms with Crippen LogP contribution in [0, 0.1) is 0 Å². The number of oxime groups is 1. The van der Waals surface area contributed by atoms with Gasteiger partial charge in [0.25, 0.3) is 11.8 Å². The summed E-state index contributed by atoms with van der Waals surface area (Å²) in [7, 11) is 0. The van der Waals surface area contributed by atoms with Crippen molar-refractivity contribution in [3.8, 4) is 11.5 Å². The van der Waals surface area contributed by atoms with Gasteiger partial charge in [-0.05, 0) is 12.1 Å². The highest BCUT2D eigenvalue weighted by molar-refractivity contribution is 8.00. The maximum absolute atomic E-state index is 13.7. The van der Waals surface area contributed by atoms with E-state index in [0.29, 0.717) is 0 Å². The number of rotatable bonds is 10. The van der Waals surface area contributed by atoms with Crippen molar-refractivity contribution in [2.24, 2.45) is 5.16 Å². The van der Waals surface area contributed by atoms with Crippen molar-refractivity contribution in [2.75, 3.05) is 28.7 Å². The van der Waals surface area contributed by atoms with Crippen molar-refractivity contribution < 1.29 is 44.4 Å². The van der Waals surface area contributed by atoms with E-state index in [9.17, 15) is 39.6 Å². The van der Waals surface area contributed by atoms with Crippen molar-refractivity contribution in [1.82, 2.24) is 25.2 Å². The summed E-state index contributed by atoms with van der Waals surface area (Å²) in [6.45, 7) is 0. The van der Waals surface area contributed by atoms with Crippen LogP contribution in [0.25, 0.3) is 5.57 Å². The molecule has 0 aliphatic carbocycles. The number of carbonyl (C=O) groups is 4. The van der Waals surface area contributed by atoms with Crippen LogP contribution in [0.1, 0.15) is 23.2 Å². The number of thiocarbonyl (C=S) groups is 1. The zero-order chi connectivity index (χ0) is 34.4. The number of carbonyl (C=O) groups excluding carboxylic acids is 2. The van der Waals surface area contributed by atoms with Crippen LogP contribution in [0.4, 0.5) is 22.5 Å². The number of thiazole rings is 1. The zero-order valence-corrected chi connectivity index (χ0v) is 25.8. The van der Waals surface area contributed by atoms with Gasteiger partial charge in [0.05, 0.1) is 0 Å². The van der Waals surface area contributed by atoms with E-state index in [1.165, 1.54) is 5.38 Å². The molecule has 0 radical (unpaired) electrons. The summed E-state index contributed by atoms with van der Waals surface area (Å²) < 4.78 is 0. The van der Waals surface area contributed by atoms with E-state index in [0.717, 1.165) is 51.6 Å². The fraction of sp³-hybridized carbons (Fsp3) is 0.160. The third-order valence-electron chi connectivity index (χ3n) is 6.85. The van der Waals surface area contributed by atoms with Gasteiger partial charge in [-0.15, -0.1) is 23.1 Å². The molecule has 3 atom stereocenters. The van der Waals surface area contributed by atoms with Crippen LogP contribution in [0.2, 0.25) is 0 Å². The van der Waals surface area contributed by atoms with Crippen molar-refractivity contribution in [2.45, 2.75) is 17.0 Å². The number of aromatic nitrogens is 3. The Hall–Kier alpha value is -5.74. The van der Waals surface area contributed by atoms with Gasteiger partial charge in [0.1, 0.15) is 22.5 Å². The third-order valence-corrected chi connectivity index (χ3v) is 9.25. The number of aromatic hydroxyl groups is 2. The fourth-order valence-electron chi connectivity index (χ4n) is 4.55. The number of nitrogens with two attached hydrogens (primary N) is 4. The molecule has 22 heteroatoms. The Bertz CT molecular complexity index is 1910. The Morgan fingerprint density at radius 3 is 2.36 bits per heavy atom. The molecule has 0 spiro atoms. The SMILES string of the molecule is Nc1nc(/C(=N/OC(C(=O)O)c2ccc(O)c(O)c2)C(=O)NC2(C=S)C(=O)N3C(C(=O)O)=C(c4nc(N)c(N)c(N)n4)CS[C@H]32)cs1. The predicted octanol–water partition coefficient (Wildman–Crippen LogP) is -0.515. The van der Waals surface area contributed by atoms with E-state index in [4.69, 9.17) is 40.0 Å². The highest BCUT2D eigenvalue weighted by Gasteiger charge is 2.65. The average Bonchev–Trinajstić information content (AvgIpc) is 3.46.